The van der Waals surface area contributed by atoms with Gasteiger partial charge < -0.3 is 155 Å². The molecule has 558 valence electrons. The Morgan fingerprint density at radius 1 is 0.449 bits per heavy atom. The largest absolute Gasteiger partial charge is 0.494 e. The molecular formula is C62H99N5O31. The van der Waals surface area contributed by atoms with Gasteiger partial charge in [-0.1, -0.05) is 44.4 Å². The Kier molecular flexibility index (Phi) is 31.1. The quantitative estimate of drug-likeness (QED) is 0.0243. The molecule has 5 amide bonds. The molecule has 6 saturated heterocycles. The van der Waals surface area contributed by atoms with Crippen molar-refractivity contribution in [1.29, 1.82) is 0 Å². The zero-order valence-corrected chi connectivity index (χ0v) is 55.2. The third-order valence-electron chi connectivity index (χ3n) is 17.6. The first-order valence-corrected chi connectivity index (χ1v) is 32.8. The van der Waals surface area contributed by atoms with E-state index in [1.54, 1.807) is 12.1 Å². The van der Waals surface area contributed by atoms with E-state index in [0.717, 1.165) is 53.4 Å². The van der Waals surface area contributed by atoms with E-state index in [2.05, 4.69) is 45.7 Å². The number of aliphatic hydroxyl groups is 14. The summed E-state index contributed by atoms with van der Waals surface area (Å²) in [6.45, 7) is 3.29. The molecule has 36 nitrogen and oxygen atoms in total. The lowest BCUT2D eigenvalue weighted by Crippen LogP contribution is -2.72. The van der Waals surface area contributed by atoms with Crippen molar-refractivity contribution in [2.45, 2.75) is 270 Å². The zero-order valence-electron chi connectivity index (χ0n) is 55.2. The van der Waals surface area contributed by atoms with Crippen LogP contribution in [0.25, 0.3) is 0 Å². The molecule has 6 heterocycles. The Morgan fingerprint density at radius 3 is 1.34 bits per heavy atom. The lowest BCUT2D eigenvalue weighted by molar-refractivity contribution is -0.368. The summed E-state index contributed by atoms with van der Waals surface area (Å²) in [6, 6.07) is -2.52. The summed E-state index contributed by atoms with van der Waals surface area (Å²) in [7, 11) is 0. The average molecular weight is 1410 g/mol. The molecular weight excluding hydrogens is 1310 g/mol. The number of carbonyl (C=O) groups excluding carboxylic acids is 5. The van der Waals surface area contributed by atoms with Crippen LogP contribution < -0.4 is 31.3 Å². The van der Waals surface area contributed by atoms with Crippen molar-refractivity contribution in [3.8, 4) is 5.75 Å². The Hall–Kier alpha value is -4.89. The molecule has 0 aromatic heterocycles. The second-order valence-electron chi connectivity index (χ2n) is 25.1. The maximum absolute atomic E-state index is 13.9. The van der Waals surface area contributed by atoms with Crippen LogP contribution in [0.3, 0.4) is 0 Å². The van der Waals surface area contributed by atoms with Crippen molar-refractivity contribution in [1.82, 2.24) is 26.6 Å². The topological polar surface area (TPSA) is 539 Å². The third kappa shape index (κ3) is 20.5. The van der Waals surface area contributed by atoms with Crippen LogP contribution >= 0.6 is 0 Å². The SMILES string of the molecule is CCCCCC/C=C\CCCOc1cccc(C(=O)N[C@@H]2C(O[C@H]3C(O)C(NC(C)=O)C(O[C@@H]4C(CO)O[C@@H](O[C@H]5C(O)C(NC(C)=O)C(OC6C(CO[C@@H]7OC(C)C(O)[C@H](O)[C@H]7O)OC(O)[C@@H](NC(C)=O)[C@H]6O)O[C@H]5CO)[C@@H](NC(C)=O)C4O)O[C@H]3CO)OC(CO)[C@@H](O)[C@@H]2O)c1. The number of amides is 5. The molecule has 6 fully saturated rings. The van der Waals surface area contributed by atoms with E-state index >= 15 is 0 Å². The lowest BCUT2D eigenvalue weighted by Gasteiger charge is -2.51. The van der Waals surface area contributed by atoms with Gasteiger partial charge in [-0.25, -0.2) is 0 Å². The Labute approximate surface area is 564 Å². The number of nitrogens with one attached hydrogen (secondary N) is 5. The predicted molar refractivity (Wildman–Crippen MR) is 328 cm³/mol. The van der Waals surface area contributed by atoms with Crippen LogP contribution in [-0.4, -0.2) is 325 Å². The first-order chi connectivity index (χ1) is 46.7. The van der Waals surface area contributed by atoms with Gasteiger partial charge in [0.2, 0.25) is 23.6 Å². The number of hydrogen-bond donors (Lipinski definition) is 19. The average Bonchev–Trinajstić information content (AvgIpc) is 0.772. The number of unbranched alkanes of at least 4 members (excludes halogenated alkanes) is 5. The number of rotatable bonds is 31. The minimum absolute atomic E-state index is 0.0454. The summed E-state index contributed by atoms with van der Waals surface area (Å²) >= 11 is 0. The van der Waals surface area contributed by atoms with Crippen LogP contribution in [0, 0.1) is 0 Å². The number of hydrogen-bond acceptors (Lipinski definition) is 31. The van der Waals surface area contributed by atoms with Crippen LogP contribution in [0.5, 0.6) is 5.75 Å². The molecule has 30 atom stereocenters. The van der Waals surface area contributed by atoms with Gasteiger partial charge in [0.15, 0.2) is 37.7 Å². The summed E-state index contributed by atoms with van der Waals surface area (Å²) in [5, 5.41) is 168. The van der Waals surface area contributed by atoms with E-state index in [1.165, 1.54) is 31.9 Å². The molecule has 0 bridgehead atoms. The highest BCUT2D eigenvalue weighted by Gasteiger charge is 2.58. The van der Waals surface area contributed by atoms with Gasteiger partial charge in [-0.2, -0.15) is 0 Å². The van der Waals surface area contributed by atoms with Crippen LogP contribution in [0.4, 0.5) is 0 Å². The van der Waals surface area contributed by atoms with Gasteiger partial charge >= 0.3 is 0 Å². The monoisotopic (exact) mass is 1410 g/mol. The van der Waals surface area contributed by atoms with Crippen molar-refractivity contribution in [3.05, 3.63) is 42.0 Å². The first kappa shape index (κ1) is 80.4. The number of allylic oxidation sites excluding steroid dienone is 2. The van der Waals surface area contributed by atoms with Gasteiger partial charge in [-0.15, -0.1) is 0 Å². The van der Waals surface area contributed by atoms with E-state index in [1.807, 2.05) is 0 Å². The van der Waals surface area contributed by atoms with Crippen LogP contribution in [0.1, 0.15) is 96.8 Å². The van der Waals surface area contributed by atoms with E-state index in [9.17, 15) is 95.5 Å². The maximum atomic E-state index is 13.9. The minimum Gasteiger partial charge on any atom is -0.494 e. The summed E-state index contributed by atoms with van der Waals surface area (Å²) < 4.78 is 71.9. The minimum atomic E-state index is -2.07. The number of aliphatic hydroxyl groups excluding tert-OH is 14. The number of benzene rings is 1. The molecule has 0 aliphatic carbocycles. The highest BCUT2D eigenvalue weighted by atomic mass is 16.8. The lowest BCUT2D eigenvalue weighted by atomic mass is 9.93. The summed E-state index contributed by atoms with van der Waals surface area (Å²) in [4.78, 5) is 65.0. The molecule has 98 heavy (non-hydrogen) atoms. The van der Waals surface area contributed by atoms with Gasteiger partial charge in [-0.05, 0) is 50.8 Å². The van der Waals surface area contributed by atoms with Gasteiger partial charge in [0, 0.05) is 33.3 Å². The number of ether oxygens (including phenoxy) is 12. The van der Waals surface area contributed by atoms with Crippen LogP contribution in [-0.2, 0) is 71.3 Å². The van der Waals surface area contributed by atoms with E-state index < -0.39 is 246 Å². The highest BCUT2D eigenvalue weighted by molar-refractivity contribution is 5.94. The van der Waals surface area contributed by atoms with Crippen molar-refractivity contribution in [2.75, 3.05) is 39.6 Å². The first-order valence-electron chi connectivity index (χ1n) is 32.8. The van der Waals surface area contributed by atoms with Crippen LogP contribution in [0.2, 0.25) is 0 Å². The van der Waals surface area contributed by atoms with E-state index in [-0.39, 0.29) is 5.56 Å². The molecule has 0 saturated carbocycles. The normalized spacial score (nSPS) is 39.9. The fourth-order valence-corrected chi connectivity index (χ4v) is 12.4. The fraction of sp³-hybridized carbons (Fsp3) is 0.790. The third-order valence-corrected chi connectivity index (χ3v) is 17.6. The Bertz CT molecular complexity index is 2710. The standard InChI is InChI=1S/C62H99N5O31/c1-7-8-9-10-11-12-13-14-15-19-87-32-18-16-17-31(20-32)56(85)67-39-45(78)44(77)33(21-68)91-58(39)95-52-34(22-69)92-59(40(47(52)80)64-28(4)73)96-53-35(23-70)93-60(41(48(53)81)65-29(5)74)97-54-36(24-71)94-61(42(49(54)82)66-30(6)75)98-55-37(90-57(86)38(46(55)79)63-27(3)72)25-88-62-51(84)50(83)43(76)26(2)89-62/h12-13,16-18,20,26,33-55,57-62,68-71,76-84,86H,7-11,14-15,19,21-25H2,1-6H3,(H,63,72)(H,64,73)(H,65,74)(H,66,75)(H,67,85)/b13-12-/t26?,33?,34-,35?,36-,37?,38-,39-,40?,41-,42?,43?,44+,45+,46+,47?,48?,49?,50-,51+,52+,53+,54+,55?,57?,58?,59?,60-,61?,62+/m0/s1. The molecule has 6 aliphatic rings. The van der Waals surface area contributed by atoms with Crippen molar-refractivity contribution < 1.29 is 152 Å². The molecule has 6 aliphatic heterocycles. The van der Waals surface area contributed by atoms with E-state index in [4.69, 9.17) is 56.8 Å². The number of carbonyl (C=O) groups is 5. The molecule has 15 unspecified atom stereocenters. The zero-order chi connectivity index (χ0) is 71.8. The molecule has 1 aromatic carbocycles. The van der Waals surface area contributed by atoms with Gasteiger partial charge in [0.05, 0.1) is 45.7 Å². The predicted octanol–water partition coefficient (Wildman–Crippen LogP) is -7.37. The van der Waals surface area contributed by atoms with Crippen molar-refractivity contribution in [2.24, 2.45) is 0 Å². The fourth-order valence-electron chi connectivity index (χ4n) is 12.4. The second-order valence-corrected chi connectivity index (χ2v) is 25.1. The van der Waals surface area contributed by atoms with Crippen LogP contribution in [0.15, 0.2) is 36.4 Å². The van der Waals surface area contributed by atoms with Crippen molar-refractivity contribution >= 4 is 29.5 Å². The maximum Gasteiger partial charge on any atom is 0.251 e. The Morgan fingerprint density at radius 2 is 0.878 bits per heavy atom. The van der Waals surface area contributed by atoms with Crippen molar-refractivity contribution in [3.63, 3.8) is 0 Å². The molecule has 1 aromatic rings. The summed E-state index contributed by atoms with van der Waals surface area (Å²) in [5.74, 6) is -3.72. The second kappa shape index (κ2) is 37.9. The molecule has 7 rings (SSSR count). The molecule has 19 N–H and O–H groups in total. The summed E-state index contributed by atoms with van der Waals surface area (Å²) in [6.07, 6.45) is -33.6. The summed E-state index contributed by atoms with van der Waals surface area (Å²) in [5.41, 5.74) is 0.0454. The highest BCUT2D eigenvalue weighted by Crippen LogP contribution is 2.37. The smallest absolute Gasteiger partial charge is 0.251 e. The van der Waals surface area contributed by atoms with Gasteiger partial charge in [0.25, 0.3) is 5.91 Å². The molecule has 0 spiro atoms. The van der Waals surface area contributed by atoms with Gasteiger partial charge in [-0.3, -0.25) is 24.0 Å². The van der Waals surface area contributed by atoms with Gasteiger partial charge in [0.1, 0.15) is 146 Å². The Balaban J connectivity index is 1.07. The molecule has 0 radical (unpaired) electrons. The van der Waals surface area contributed by atoms with E-state index in [0.29, 0.717) is 18.8 Å². The molecule has 36 heteroatoms.